The van der Waals surface area contributed by atoms with Gasteiger partial charge in [0.2, 0.25) is 0 Å². The quantitative estimate of drug-likeness (QED) is 0.687. The molecule has 0 aliphatic carbocycles. The van der Waals surface area contributed by atoms with Gasteiger partial charge in [-0.2, -0.15) is 17.7 Å². The summed E-state index contributed by atoms with van der Waals surface area (Å²) in [5.74, 6) is -0.593. The van der Waals surface area contributed by atoms with Gasteiger partial charge < -0.3 is 4.90 Å². The van der Waals surface area contributed by atoms with E-state index < -0.39 is 12.0 Å². The molecule has 1 saturated heterocycles. The second-order valence-electron chi connectivity index (χ2n) is 7.10. The van der Waals surface area contributed by atoms with Gasteiger partial charge in [0.15, 0.2) is 5.65 Å². The van der Waals surface area contributed by atoms with Gasteiger partial charge in [-0.3, -0.25) is 4.90 Å². The van der Waals surface area contributed by atoms with Gasteiger partial charge in [-0.25, -0.2) is 0 Å². The lowest BCUT2D eigenvalue weighted by Gasteiger charge is -2.30. The van der Waals surface area contributed by atoms with Crippen LogP contribution in [-0.4, -0.2) is 50.4 Å². The van der Waals surface area contributed by atoms with E-state index in [1.54, 1.807) is 6.07 Å². The minimum absolute atomic E-state index is 0.0873. The monoisotopic (exact) mass is 390 g/mol. The van der Waals surface area contributed by atoms with E-state index >= 15 is 0 Å². The summed E-state index contributed by atoms with van der Waals surface area (Å²) in [6.07, 6.45) is -3.69. The van der Waals surface area contributed by atoms with Crippen LogP contribution in [0.25, 0.3) is 5.65 Å². The predicted molar refractivity (Wildman–Crippen MR) is 98.9 cm³/mol. The summed E-state index contributed by atoms with van der Waals surface area (Å²) in [5, 5.41) is 11.0. The van der Waals surface area contributed by atoms with E-state index in [0.29, 0.717) is 5.82 Å². The number of hydrogen-bond acceptors (Lipinski definition) is 5. The Morgan fingerprint density at radius 3 is 2.57 bits per heavy atom. The number of aromatic nitrogens is 4. The smallest absolute Gasteiger partial charge is 0.351 e. The molecule has 28 heavy (non-hydrogen) atoms. The number of nitrogens with zero attached hydrogens (tertiary/aromatic N) is 6. The lowest BCUT2D eigenvalue weighted by atomic mass is 10.2. The van der Waals surface area contributed by atoms with E-state index in [4.69, 9.17) is 0 Å². The van der Waals surface area contributed by atoms with Crippen LogP contribution in [0, 0.1) is 0 Å². The molecule has 9 heteroatoms. The van der Waals surface area contributed by atoms with E-state index in [0.717, 1.165) is 37.1 Å². The Kier molecular flexibility index (Phi) is 4.92. The highest BCUT2D eigenvalue weighted by Gasteiger charge is 2.38. The van der Waals surface area contributed by atoms with Crippen molar-refractivity contribution in [2.24, 2.45) is 0 Å². The molecule has 0 saturated carbocycles. The fourth-order valence-electron chi connectivity index (χ4n) is 3.68. The number of halogens is 3. The van der Waals surface area contributed by atoms with Crippen molar-refractivity contribution in [3.05, 3.63) is 53.9 Å². The predicted octanol–water partition coefficient (Wildman–Crippen LogP) is 3.24. The Bertz CT molecular complexity index is 940. The molecular weight excluding hydrogens is 369 g/mol. The lowest BCUT2D eigenvalue weighted by molar-refractivity contribution is -0.146. The number of rotatable bonds is 3. The van der Waals surface area contributed by atoms with Crippen molar-refractivity contribution >= 4 is 11.5 Å². The Labute approximate surface area is 160 Å². The van der Waals surface area contributed by atoms with Crippen LogP contribution in [0.15, 0.2) is 42.5 Å². The second-order valence-corrected chi connectivity index (χ2v) is 7.10. The molecule has 1 unspecified atom stereocenters. The van der Waals surface area contributed by atoms with E-state index in [9.17, 15) is 13.2 Å². The third-order valence-electron chi connectivity index (χ3n) is 4.97. The van der Waals surface area contributed by atoms with Gasteiger partial charge in [0.1, 0.15) is 5.82 Å². The van der Waals surface area contributed by atoms with Gasteiger partial charge in [-0.15, -0.1) is 15.3 Å². The number of anilines is 1. The molecule has 6 nitrogen and oxygen atoms in total. The Morgan fingerprint density at radius 1 is 1.04 bits per heavy atom. The van der Waals surface area contributed by atoms with Crippen LogP contribution in [0.3, 0.4) is 0 Å². The lowest BCUT2D eigenvalue weighted by Crippen LogP contribution is -2.39. The molecule has 0 spiro atoms. The highest BCUT2D eigenvalue weighted by Crippen LogP contribution is 2.28. The van der Waals surface area contributed by atoms with Gasteiger partial charge in [0.25, 0.3) is 5.82 Å². The third-order valence-corrected chi connectivity index (χ3v) is 4.97. The zero-order chi connectivity index (χ0) is 19.7. The molecule has 1 aliphatic heterocycles. The molecular formula is C19H21F3N6. The maximum atomic E-state index is 13.1. The molecule has 0 amide bonds. The normalized spacial score (nSPS) is 19.1. The highest BCUT2D eigenvalue weighted by molar-refractivity contribution is 5.46. The second kappa shape index (κ2) is 7.38. The van der Waals surface area contributed by atoms with E-state index in [-0.39, 0.29) is 11.7 Å². The fourth-order valence-corrected chi connectivity index (χ4v) is 3.68. The molecule has 1 aromatic carbocycles. The molecule has 3 heterocycles. The SMILES string of the molecule is CC1CN(Cc2ccccc2)CCCN1c1ccc2nnc(C(F)(F)F)n2n1. The van der Waals surface area contributed by atoms with Gasteiger partial charge in [-0.1, -0.05) is 30.3 Å². The molecule has 2 aromatic heterocycles. The molecule has 1 fully saturated rings. The molecule has 1 atom stereocenters. The summed E-state index contributed by atoms with van der Waals surface area (Å²) in [5.41, 5.74) is 1.34. The summed E-state index contributed by atoms with van der Waals surface area (Å²) < 4.78 is 40.2. The van der Waals surface area contributed by atoms with Crippen molar-refractivity contribution < 1.29 is 13.2 Å². The molecule has 1 aliphatic rings. The first kappa shape index (κ1) is 18.7. The third kappa shape index (κ3) is 3.80. The summed E-state index contributed by atoms with van der Waals surface area (Å²) >= 11 is 0. The first-order valence-corrected chi connectivity index (χ1v) is 9.24. The van der Waals surface area contributed by atoms with E-state index in [1.807, 2.05) is 18.2 Å². The molecule has 148 valence electrons. The average Bonchev–Trinajstić information content (AvgIpc) is 3.01. The maximum Gasteiger partial charge on any atom is 0.453 e. The standard InChI is InChI=1S/C19H21F3N6/c1-14-12-26(13-15-6-3-2-4-7-15)10-5-11-27(14)17-9-8-16-23-24-18(19(20,21)22)28(16)25-17/h2-4,6-9,14H,5,10-13H2,1H3. The number of benzene rings is 1. The van der Waals surface area contributed by atoms with Crippen LogP contribution in [0.2, 0.25) is 0 Å². The minimum atomic E-state index is -4.60. The van der Waals surface area contributed by atoms with Crippen LogP contribution < -0.4 is 4.90 Å². The molecule has 0 N–H and O–H groups in total. The van der Waals surface area contributed by atoms with Crippen molar-refractivity contribution in [2.75, 3.05) is 24.5 Å². The summed E-state index contributed by atoms with van der Waals surface area (Å²) in [6, 6.07) is 13.6. The Morgan fingerprint density at radius 2 is 1.82 bits per heavy atom. The average molecular weight is 390 g/mol. The van der Waals surface area contributed by atoms with Gasteiger partial charge in [0, 0.05) is 32.2 Å². The minimum Gasteiger partial charge on any atom is -0.351 e. The van der Waals surface area contributed by atoms with E-state index in [2.05, 4.69) is 44.2 Å². The van der Waals surface area contributed by atoms with Crippen molar-refractivity contribution in [2.45, 2.75) is 32.1 Å². The van der Waals surface area contributed by atoms with Gasteiger partial charge in [-0.05, 0) is 31.0 Å². The summed E-state index contributed by atoms with van der Waals surface area (Å²) in [6.45, 7) is 5.40. The van der Waals surface area contributed by atoms with Crippen LogP contribution >= 0.6 is 0 Å². The van der Waals surface area contributed by atoms with Crippen molar-refractivity contribution in [3.8, 4) is 0 Å². The summed E-state index contributed by atoms with van der Waals surface area (Å²) in [7, 11) is 0. The largest absolute Gasteiger partial charge is 0.453 e. The van der Waals surface area contributed by atoms with Crippen molar-refractivity contribution in [1.29, 1.82) is 0 Å². The van der Waals surface area contributed by atoms with Gasteiger partial charge >= 0.3 is 6.18 Å². The molecule has 0 bridgehead atoms. The number of hydrogen-bond donors (Lipinski definition) is 0. The molecule has 3 aromatic rings. The zero-order valence-corrected chi connectivity index (χ0v) is 15.5. The van der Waals surface area contributed by atoms with Crippen LogP contribution in [0.4, 0.5) is 19.0 Å². The van der Waals surface area contributed by atoms with Gasteiger partial charge in [0.05, 0.1) is 0 Å². The first-order valence-electron chi connectivity index (χ1n) is 9.24. The highest BCUT2D eigenvalue weighted by atomic mass is 19.4. The number of alkyl halides is 3. The van der Waals surface area contributed by atoms with Crippen molar-refractivity contribution in [3.63, 3.8) is 0 Å². The summed E-state index contributed by atoms with van der Waals surface area (Å²) in [4.78, 5) is 4.43. The topological polar surface area (TPSA) is 49.6 Å². The van der Waals surface area contributed by atoms with E-state index in [1.165, 1.54) is 11.6 Å². The maximum absolute atomic E-state index is 13.1. The Hall–Kier alpha value is -2.68. The van der Waals surface area contributed by atoms with Crippen LogP contribution in [-0.2, 0) is 12.7 Å². The fraction of sp³-hybridized carbons (Fsp3) is 0.421. The Balaban J connectivity index is 1.56. The number of fused-ring (bicyclic) bond motifs is 1. The van der Waals surface area contributed by atoms with Crippen molar-refractivity contribution in [1.82, 2.24) is 24.7 Å². The zero-order valence-electron chi connectivity index (χ0n) is 15.5. The van der Waals surface area contributed by atoms with Crippen LogP contribution in [0.1, 0.15) is 24.7 Å². The van der Waals surface area contributed by atoms with Crippen LogP contribution in [0.5, 0.6) is 0 Å². The molecule has 0 radical (unpaired) electrons. The first-order chi connectivity index (χ1) is 13.4. The molecule has 4 rings (SSSR count).